The Kier molecular flexibility index (Phi) is 8.04. The van der Waals surface area contributed by atoms with Crippen molar-refractivity contribution in [3.8, 4) is 11.5 Å². The molecule has 5 heteroatoms. The standard InChI is InChI=1S/C25H32O5/c1-7-19(16-17(2)20-8-12-22(13-9-20)28-18(3)26)21-10-14-23(15-11-21)29-24(27)30-25(4,5)6/h8-15,17,19H,7,16H2,1-6H3. The second-order valence-corrected chi connectivity index (χ2v) is 8.54. The monoisotopic (exact) mass is 412 g/mol. The fourth-order valence-corrected chi connectivity index (χ4v) is 3.31. The van der Waals surface area contributed by atoms with E-state index in [2.05, 4.69) is 13.8 Å². The molecule has 0 saturated carbocycles. The Bertz CT molecular complexity index is 831. The number of carbonyl (C=O) groups excluding carboxylic acids is 2. The molecule has 0 heterocycles. The van der Waals surface area contributed by atoms with Gasteiger partial charge in [-0.1, -0.05) is 38.1 Å². The number of benzene rings is 2. The molecule has 2 aromatic carbocycles. The van der Waals surface area contributed by atoms with E-state index in [1.165, 1.54) is 18.1 Å². The largest absolute Gasteiger partial charge is 0.514 e. The van der Waals surface area contributed by atoms with Crippen LogP contribution in [0.3, 0.4) is 0 Å². The first-order valence-electron chi connectivity index (χ1n) is 10.4. The quantitative estimate of drug-likeness (QED) is 0.291. The number of hydrogen-bond donors (Lipinski definition) is 0. The topological polar surface area (TPSA) is 61.8 Å². The predicted octanol–water partition coefficient (Wildman–Crippen LogP) is 6.61. The molecule has 2 rings (SSSR count). The van der Waals surface area contributed by atoms with Crippen LogP contribution in [0.15, 0.2) is 48.5 Å². The molecular formula is C25H32O5. The molecule has 5 nitrogen and oxygen atoms in total. The SMILES string of the molecule is CCC(CC(C)c1ccc(OC(C)=O)cc1)c1ccc(OC(=O)OC(C)(C)C)cc1. The Balaban J connectivity index is 1.99. The zero-order valence-corrected chi connectivity index (χ0v) is 18.7. The molecule has 0 radical (unpaired) electrons. The van der Waals surface area contributed by atoms with Crippen molar-refractivity contribution < 1.29 is 23.8 Å². The minimum Gasteiger partial charge on any atom is -0.428 e. The van der Waals surface area contributed by atoms with Crippen LogP contribution in [0.4, 0.5) is 4.79 Å². The maximum Gasteiger partial charge on any atom is 0.514 e. The van der Waals surface area contributed by atoms with Gasteiger partial charge >= 0.3 is 12.1 Å². The summed E-state index contributed by atoms with van der Waals surface area (Å²) in [6.07, 6.45) is 1.28. The normalized spacial score (nSPS) is 13.3. The summed E-state index contributed by atoms with van der Waals surface area (Å²) in [6.45, 7) is 11.2. The van der Waals surface area contributed by atoms with Crippen molar-refractivity contribution in [2.24, 2.45) is 0 Å². The predicted molar refractivity (Wildman–Crippen MR) is 117 cm³/mol. The fraction of sp³-hybridized carbons (Fsp3) is 0.440. The number of ether oxygens (including phenoxy) is 3. The molecule has 0 N–H and O–H groups in total. The zero-order valence-electron chi connectivity index (χ0n) is 18.7. The minimum absolute atomic E-state index is 0.319. The van der Waals surface area contributed by atoms with Gasteiger partial charge in [0.2, 0.25) is 0 Å². The van der Waals surface area contributed by atoms with Crippen molar-refractivity contribution in [2.45, 2.75) is 71.8 Å². The van der Waals surface area contributed by atoms with Gasteiger partial charge in [-0.05, 0) is 80.8 Å². The van der Waals surface area contributed by atoms with Gasteiger partial charge in [-0.2, -0.15) is 0 Å². The van der Waals surface area contributed by atoms with Crippen LogP contribution in [0.2, 0.25) is 0 Å². The average Bonchev–Trinajstić information content (AvgIpc) is 2.65. The van der Waals surface area contributed by atoms with Crippen molar-refractivity contribution in [3.05, 3.63) is 59.7 Å². The fourth-order valence-electron chi connectivity index (χ4n) is 3.31. The molecule has 0 saturated heterocycles. The van der Waals surface area contributed by atoms with Crippen LogP contribution < -0.4 is 9.47 Å². The zero-order chi connectivity index (χ0) is 22.3. The molecule has 0 aliphatic heterocycles. The number of rotatable bonds is 7. The Labute approximate surface area is 179 Å². The van der Waals surface area contributed by atoms with Gasteiger partial charge in [-0.25, -0.2) is 4.79 Å². The van der Waals surface area contributed by atoms with Gasteiger partial charge in [0.05, 0.1) is 0 Å². The van der Waals surface area contributed by atoms with Gasteiger partial charge in [-0.15, -0.1) is 0 Å². The first-order valence-corrected chi connectivity index (χ1v) is 10.4. The molecule has 0 bridgehead atoms. The molecule has 2 unspecified atom stereocenters. The van der Waals surface area contributed by atoms with Crippen molar-refractivity contribution in [1.82, 2.24) is 0 Å². The highest BCUT2D eigenvalue weighted by Crippen LogP contribution is 2.33. The van der Waals surface area contributed by atoms with E-state index in [9.17, 15) is 9.59 Å². The van der Waals surface area contributed by atoms with Crippen LogP contribution in [0.25, 0.3) is 0 Å². The van der Waals surface area contributed by atoms with E-state index in [-0.39, 0.29) is 5.97 Å². The van der Waals surface area contributed by atoms with Gasteiger partial charge in [0.1, 0.15) is 17.1 Å². The maximum absolute atomic E-state index is 11.8. The second-order valence-electron chi connectivity index (χ2n) is 8.54. The minimum atomic E-state index is -0.701. The van der Waals surface area contributed by atoms with E-state index in [0.717, 1.165) is 12.8 Å². The van der Waals surface area contributed by atoms with E-state index in [0.29, 0.717) is 23.3 Å². The summed E-state index contributed by atoms with van der Waals surface area (Å²) in [5.74, 6) is 1.44. The molecule has 2 aromatic rings. The van der Waals surface area contributed by atoms with Gasteiger partial charge in [-0.3, -0.25) is 4.79 Å². The lowest BCUT2D eigenvalue weighted by atomic mass is 9.84. The number of esters is 1. The van der Waals surface area contributed by atoms with Crippen molar-refractivity contribution >= 4 is 12.1 Å². The molecule has 0 aromatic heterocycles. The Hall–Kier alpha value is -2.82. The molecule has 0 amide bonds. The van der Waals surface area contributed by atoms with E-state index in [1.54, 1.807) is 32.9 Å². The molecule has 30 heavy (non-hydrogen) atoms. The van der Waals surface area contributed by atoms with Gasteiger partial charge in [0.25, 0.3) is 0 Å². The number of carbonyl (C=O) groups is 2. The summed E-state index contributed by atoms with van der Waals surface area (Å²) in [5.41, 5.74) is 1.82. The van der Waals surface area contributed by atoms with Crippen LogP contribution in [0.5, 0.6) is 11.5 Å². The lowest BCUT2D eigenvalue weighted by Crippen LogP contribution is -2.25. The van der Waals surface area contributed by atoms with E-state index >= 15 is 0 Å². The van der Waals surface area contributed by atoms with Crippen LogP contribution >= 0.6 is 0 Å². The third kappa shape index (κ3) is 7.54. The average molecular weight is 413 g/mol. The summed E-state index contributed by atoms with van der Waals surface area (Å²) in [7, 11) is 0. The summed E-state index contributed by atoms with van der Waals surface area (Å²) in [5, 5.41) is 0. The van der Waals surface area contributed by atoms with Gasteiger partial charge in [0, 0.05) is 6.92 Å². The highest BCUT2D eigenvalue weighted by Gasteiger charge is 2.19. The summed E-state index contributed by atoms with van der Waals surface area (Å²) in [6, 6.07) is 15.3. The third-order valence-corrected chi connectivity index (χ3v) is 4.78. The second kappa shape index (κ2) is 10.3. The molecular weight excluding hydrogens is 380 g/mol. The Morgan fingerprint density at radius 1 is 0.867 bits per heavy atom. The lowest BCUT2D eigenvalue weighted by Gasteiger charge is -2.21. The van der Waals surface area contributed by atoms with E-state index in [1.807, 2.05) is 36.4 Å². The molecule has 162 valence electrons. The van der Waals surface area contributed by atoms with E-state index < -0.39 is 11.8 Å². The van der Waals surface area contributed by atoms with Crippen molar-refractivity contribution in [1.29, 1.82) is 0 Å². The van der Waals surface area contributed by atoms with E-state index in [4.69, 9.17) is 14.2 Å². The van der Waals surface area contributed by atoms with Crippen LogP contribution in [0.1, 0.15) is 77.3 Å². The Morgan fingerprint density at radius 2 is 1.37 bits per heavy atom. The van der Waals surface area contributed by atoms with Gasteiger partial charge in [0.15, 0.2) is 0 Å². The van der Waals surface area contributed by atoms with Gasteiger partial charge < -0.3 is 14.2 Å². The molecule has 0 aliphatic rings. The maximum atomic E-state index is 11.8. The molecule has 0 spiro atoms. The first kappa shape index (κ1) is 23.5. The van der Waals surface area contributed by atoms with Crippen LogP contribution in [-0.4, -0.2) is 17.7 Å². The number of hydrogen-bond acceptors (Lipinski definition) is 5. The van der Waals surface area contributed by atoms with Crippen LogP contribution in [-0.2, 0) is 9.53 Å². The Morgan fingerprint density at radius 3 is 1.83 bits per heavy atom. The highest BCUT2D eigenvalue weighted by atomic mass is 16.7. The summed E-state index contributed by atoms with van der Waals surface area (Å²) < 4.78 is 15.5. The van der Waals surface area contributed by atoms with Crippen LogP contribution in [0, 0.1) is 0 Å². The summed E-state index contributed by atoms with van der Waals surface area (Å²) >= 11 is 0. The lowest BCUT2D eigenvalue weighted by molar-refractivity contribution is -0.131. The molecule has 0 aliphatic carbocycles. The smallest absolute Gasteiger partial charge is 0.428 e. The molecule has 0 fully saturated rings. The van der Waals surface area contributed by atoms with Crippen molar-refractivity contribution in [2.75, 3.05) is 0 Å². The summed E-state index contributed by atoms with van der Waals surface area (Å²) in [4.78, 5) is 22.9. The third-order valence-electron chi connectivity index (χ3n) is 4.78. The highest BCUT2D eigenvalue weighted by molar-refractivity contribution is 5.69. The first-order chi connectivity index (χ1) is 14.1. The molecule has 2 atom stereocenters. The van der Waals surface area contributed by atoms with Crippen molar-refractivity contribution in [3.63, 3.8) is 0 Å².